The van der Waals surface area contributed by atoms with Crippen LogP contribution in [0.4, 0.5) is 0 Å². The zero-order valence-corrected chi connectivity index (χ0v) is 11.9. The maximum Gasteiger partial charge on any atom is 0.224 e. The molecule has 1 aromatic heterocycles. The second-order valence-electron chi connectivity index (χ2n) is 4.60. The van der Waals surface area contributed by atoms with Gasteiger partial charge >= 0.3 is 0 Å². The molecule has 2 heterocycles. The van der Waals surface area contributed by atoms with Gasteiger partial charge in [-0.25, -0.2) is 4.98 Å². The number of halogens is 1. The van der Waals surface area contributed by atoms with Crippen LogP contribution in [0, 0.1) is 11.3 Å². The Labute approximate surface area is 127 Å². The predicted octanol–water partition coefficient (Wildman–Crippen LogP) is 3.65. The number of hydrogen-bond donors (Lipinski definition) is 0. The van der Waals surface area contributed by atoms with Gasteiger partial charge in [0.25, 0.3) is 0 Å². The number of aromatic nitrogens is 2. The number of para-hydroxylation sites is 1. The Hall–Kier alpha value is -2.16. The van der Waals surface area contributed by atoms with Gasteiger partial charge < -0.3 is 9.47 Å². The number of nitriles is 1. The molecule has 1 aliphatic heterocycles. The fourth-order valence-corrected chi connectivity index (χ4v) is 2.33. The second-order valence-corrected chi connectivity index (χ2v) is 4.99. The van der Waals surface area contributed by atoms with E-state index in [9.17, 15) is 0 Å². The maximum absolute atomic E-state index is 9.07. The molecule has 0 radical (unpaired) electrons. The molecule has 0 saturated carbocycles. The molecule has 3 rings (SSSR count). The minimum Gasteiger partial charge on any atom is -0.437 e. The van der Waals surface area contributed by atoms with E-state index in [1.807, 2.05) is 0 Å². The lowest BCUT2D eigenvalue weighted by Gasteiger charge is -2.11. The summed E-state index contributed by atoms with van der Waals surface area (Å²) in [5.74, 6) is 1.26. The molecule has 0 bridgehead atoms. The normalized spacial score (nSPS) is 17.4. The highest BCUT2D eigenvalue weighted by Gasteiger charge is 2.22. The van der Waals surface area contributed by atoms with Crippen molar-refractivity contribution in [1.82, 2.24) is 9.97 Å². The Morgan fingerprint density at radius 3 is 2.95 bits per heavy atom. The van der Waals surface area contributed by atoms with E-state index >= 15 is 0 Å². The molecule has 0 spiro atoms. The van der Waals surface area contributed by atoms with Gasteiger partial charge in [0, 0.05) is 12.7 Å². The third-order valence-electron chi connectivity index (χ3n) is 3.13. The number of hydrogen-bond acceptors (Lipinski definition) is 5. The first kappa shape index (κ1) is 13.8. The molecule has 106 valence electrons. The minimum atomic E-state index is -0.141. The van der Waals surface area contributed by atoms with Crippen LogP contribution in [-0.2, 0) is 4.74 Å². The van der Waals surface area contributed by atoms with Crippen molar-refractivity contribution in [2.75, 3.05) is 6.61 Å². The molecular formula is C15H12ClN3O2. The topological polar surface area (TPSA) is 68.0 Å². The van der Waals surface area contributed by atoms with Gasteiger partial charge in [0.2, 0.25) is 5.88 Å². The van der Waals surface area contributed by atoms with Gasteiger partial charge in [-0.3, -0.25) is 0 Å². The monoisotopic (exact) mass is 301 g/mol. The van der Waals surface area contributed by atoms with E-state index in [1.165, 1.54) is 6.07 Å². The van der Waals surface area contributed by atoms with Crippen molar-refractivity contribution in [2.24, 2.45) is 0 Å². The molecule has 0 aliphatic carbocycles. The van der Waals surface area contributed by atoms with Crippen molar-refractivity contribution in [3.63, 3.8) is 0 Å². The third kappa shape index (κ3) is 3.13. The zero-order chi connectivity index (χ0) is 14.7. The Kier molecular flexibility index (Phi) is 4.00. The molecule has 5 nitrogen and oxygen atoms in total. The van der Waals surface area contributed by atoms with Crippen LogP contribution >= 0.6 is 11.6 Å². The average Bonchev–Trinajstić information content (AvgIpc) is 3.01. The summed E-state index contributed by atoms with van der Waals surface area (Å²) in [5.41, 5.74) is 0.436. The fourth-order valence-electron chi connectivity index (χ4n) is 2.15. The Balaban J connectivity index is 1.90. The number of rotatable bonds is 3. The predicted molar refractivity (Wildman–Crippen MR) is 76.2 cm³/mol. The molecule has 1 aliphatic rings. The summed E-state index contributed by atoms with van der Waals surface area (Å²) in [6.07, 6.45) is 1.71. The van der Waals surface area contributed by atoms with Gasteiger partial charge in [0.05, 0.1) is 5.56 Å². The number of ether oxygens (including phenoxy) is 2. The summed E-state index contributed by atoms with van der Waals surface area (Å²) >= 11 is 6.02. The summed E-state index contributed by atoms with van der Waals surface area (Å²) < 4.78 is 11.2. The molecule has 1 saturated heterocycles. The van der Waals surface area contributed by atoms with Gasteiger partial charge in [-0.1, -0.05) is 23.7 Å². The molecule has 6 heteroatoms. The lowest BCUT2D eigenvalue weighted by molar-refractivity contribution is 0.104. The highest BCUT2D eigenvalue weighted by atomic mass is 35.5. The number of nitrogens with zero attached hydrogens (tertiary/aromatic N) is 3. The van der Waals surface area contributed by atoms with Gasteiger partial charge in [-0.15, -0.1) is 0 Å². The van der Waals surface area contributed by atoms with Crippen LogP contribution in [0.2, 0.25) is 5.15 Å². The van der Waals surface area contributed by atoms with E-state index in [0.717, 1.165) is 12.8 Å². The first-order valence-corrected chi connectivity index (χ1v) is 6.97. The summed E-state index contributed by atoms with van der Waals surface area (Å²) in [4.78, 5) is 8.52. The molecule has 1 aromatic carbocycles. The molecule has 1 fully saturated rings. The zero-order valence-electron chi connectivity index (χ0n) is 11.1. The molecule has 2 aromatic rings. The van der Waals surface area contributed by atoms with Gasteiger partial charge in [0.1, 0.15) is 23.1 Å². The summed E-state index contributed by atoms with van der Waals surface area (Å²) in [5, 5.41) is 9.36. The van der Waals surface area contributed by atoms with Crippen molar-refractivity contribution in [1.29, 1.82) is 5.26 Å². The van der Waals surface area contributed by atoms with Crippen LogP contribution < -0.4 is 4.74 Å². The van der Waals surface area contributed by atoms with E-state index in [-0.39, 0.29) is 6.10 Å². The fraction of sp³-hybridized carbons (Fsp3) is 0.267. The molecule has 0 amide bonds. The van der Waals surface area contributed by atoms with Crippen molar-refractivity contribution in [3.05, 3.63) is 46.9 Å². The SMILES string of the molecule is N#Cc1ccccc1Oc1cc(Cl)nc(C2CCCO2)n1. The third-order valence-corrected chi connectivity index (χ3v) is 3.32. The van der Waals surface area contributed by atoms with Crippen molar-refractivity contribution in [2.45, 2.75) is 18.9 Å². The molecule has 21 heavy (non-hydrogen) atoms. The van der Waals surface area contributed by atoms with Crippen LogP contribution in [0.5, 0.6) is 11.6 Å². The first-order chi connectivity index (χ1) is 10.3. The second kappa shape index (κ2) is 6.08. The van der Waals surface area contributed by atoms with Crippen LogP contribution in [0.3, 0.4) is 0 Å². The molecule has 0 N–H and O–H groups in total. The van der Waals surface area contributed by atoms with E-state index < -0.39 is 0 Å². The molecule has 1 atom stereocenters. The van der Waals surface area contributed by atoms with Crippen LogP contribution in [0.1, 0.15) is 30.3 Å². The smallest absolute Gasteiger partial charge is 0.224 e. The van der Waals surface area contributed by atoms with E-state index in [1.54, 1.807) is 24.3 Å². The quantitative estimate of drug-likeness (QED) is 0.809. The number of benzene rings is 1. The van der Waals surface area contributed by atoms with Gasteiger partial charge in [-0.2, -0.15) is 10.2 Å². The van der Waals surface area contributed by atoms with E-state index in [4.69, 9.17) is 26.3 Å². The van der Waals surface area contributed by atoms with Crippen LogP contribution in [0.25, 0.3) is 0 Å². The summed E-state index contributed by atoms with van der Waals surface area (Å²) in [7, 11) is 0. The Morgan fingerprint density at radius 2 is 2.19 bits per heavy atom. The van der Waals surface area contributed by atoms with Crippen LogP contribution in [0.15, 0.2) is 30.3 Å². The van der Waals surface area contributed by atoms with Gasteiger partial charge in [-0.05, 0) is 25.0 Å². The Bertz CT molecular complexity index is 694. The van der Waals surface area contributed by atoms with Gasteiger partial charge in [0.15, 0.2) is 5.82 Å². The lowest BCUT2D eigenvalue weighted by atomic mass is 10.2. The van der Waals surface area contributed by atoms with E-state index in [2.05, 4.69) is 16.0 Å². The van der Waals surface area contributed by atoms with Crippen molar-refractivity contribution in [3.8, 4) is 17.7 Å². The minimum absolute atomic E-state index is 0.141. The lowest BCUT2D eigenvalue weighted by Crippen LogP contribution is -2.04. The standard InChI is InChI=1S/C15H12ClN3O2/c16-13-8-14(19-15(18-13)12-6-3-7-20-12)21-11-5-2-1-4-10(11)9-17/h1-2,4-5,8,12H,3,6-7H2. The van der Waals surface area contributed by atoms with E-state index in [0.29, 0.717) is 34.8 Å². The Morgan fingerprint density at radius 1 is 1.33 bits per heavy atom. The largest absolute Gasteiger partial charge is 0.437 e. The van der Waals surface area contributed by atoms with Crippen molar-refractivity contribution < 1.29 is 9.47 Å². The first-order valence-electron chi connectivity index (χ1n) is 6.59. The highest BCUT2D eigenvalue weighted by Crippen LogP contribution is 2.30. The van der Waals surface area contributed by atoms with Crippen molar-refractivity contribution >= 4 is 11.6 Å². The molecule has 1 unspecified atom stereocenters. The highest BCUT2D eigenvalue weighted by molar-refractivity contribution is 6.29. The summed E-state index contributed by atoms with van der Waals surface area (Å²) in [6.45, 7) is 0.702. The maximum atomic E-state index is 9.07. The summed E-state index contributed by atoms with van der Waals surface area (Å²) in [6, 6.07) is 10.5. The van der Waals surface area contributed by atoms with Crippen LogP contribution in [-0.4, -0.2) is 16.6 Å². The average molecular weight is 302 g/mol. The molecular weight excluding hydrogens is 290 g/mol.